The number of nitrogens with zero attached hydrogens (tertiary/aromatic N) is 1. The van der Waals surface area contributed by atoms with Gasteiger partial charge in [-0.1, -0.05) is 32.0 Å². The van der Waals surface area contributed by atoms with E-state index in [2.05, 4.69) is 25.2 Å². The maximum absolute atomic E-state index is 11.6. The maximum atomic E-state index is 11.6. The summed E-state index contributed by atoms with van der Waals surface area (Å²) in [5.41, 5.74) is 2.11. The lowest BCUT2D eigenvalue weighted by atomic mass is 9.97. The third-order valence-electron chi connectivity index (χ3n) is 2.75. The Balaban J connectivity index is 2.91. The molecule has 0 saturated carbocycles. The molecule has 0 saturated heterocycles. The highest BCUT2D eigenvalue weighted by Crippen LogP contribution is 2.26. The van der Waals surface area contributed by atoms with E-state index in [-0.39, 0.29) is 6.03 Å². The zero-order valence-corrected chi connectivity index (χ0v) is 10.4. The normalized spacial score (nSPS) is 12.0. The van der Waals surface area contributed by atoms with Crippen molar-refractivity contribution >= 4 is 11.7 Å². The molecule has 1 aromatic rings. The Morgan fingerprint density at radius 3 is 2.56 bits per heavy atom. The number of para-hydroxylation sites is 1. The summed E-state index contributed by atoms with van der Waals surface area (Å²) in [6.45, 7) is 4.32. The van der Waals surface area contributed by atoms with Crippen LogP contribution in [0.5, 0.6) is 0 Å². The van der Waals surface area contributed by atoms with E-state index >= 15 is 0 Å². The van der Waals surface area contributed by atoms with Crippen LogP contribution in [0.4, 0.5) is 10.5 Å². The lowest BCUT2D eigenvalue weighted by Gasteiger charge is -2.17. The van der Waals surface area contributed by atoms with Crippen molar-refractivity contribution in [3.8, 4) is 0 Å². The quantitative estimate of drug-likeness (QED) is 0.833. The summed E-state index contributed by atoms with van der Waals surface area (Å²) < 4.78 is 0. The molecule has 3 heteroatoms. The van der Waals surface area contributed by atoms with Crippen LogP contribution < -0.4 is 5.32 Å². The average molecular weight is 220 g/mol. The summed E-state index contributed by atoms with van der Waals surface area (Å²) in [6.07, 6.45) is 1.06. The standard InChI is InChI=1S/C13H20N2O/c1-5-10(2)11-8-6-7-9-12(11)14-13(16)15(3)4/h6-10H,5H2,1-4H3,(H,14,16)/t10-/m0/s1. The second-order valence-electron chi connectivity index (χ2n) is 4.22. The molecule has 0 bridgehead atoms. The molecular weight excluding hydrogens is 200 g/mol. The Bertz CT molecular complexity index is 361. The number of hydrogen-bond acceptors (Lipinski definition) is 1. The molecule has 1 N–H and O–H groups in total. The lowest BCUT2D eigenvalue weighted by molar-refractivity contribution is 0.230. The van der Waals surface area contributed by atoms with E-state index in [0.717, 1.165) is 12.1 Å². The molecule has 0 unspecified atom stereocenters. The SMILES string of the molecule is CC[C@H](C)c1ccccc1NC(=O)N(C)C. The Kier molecular flexibility index (Phi) is 4.35. The van der Waals surface area contributed by atoms with Crippen LogP contribution in [0.15, 0.2) is 24.3 Å². The van der Waals surface area contributed by atoms with Crippen LogP contribution in [0.2, 0.25) is 0 Å². The molecule has 1 atom stereocenters. The van der Waals surface area contributed by atoms with Crippen LogP contribution >= 0.6 is 0 Å². The molecule has 16 heavy (non-hydrogen) atoms. The van der Waals surface area contributed by atoms with E-state index < -0.39 is 0 Å². The van der Waals surface area contributed by atoms with E-state index in [4.69, 9.17) is 0 Å². The molecule has 1 rings (SSSR count). The number of carbonyl (C=O) groups is 1. The number of nitrogens with one attached hydrogen (secondary N) is 1. The van der Waals surface area contributed by atoms with Gasteiger partial charge in [0, 0.05) is 19.8 Å². The summed E-state index contributed by atoms with van der Waals surface area (Å²) >= 11 is 0. The number of rotatable bonds is 3. The number of benzene rings is 1. The van der Waals surface area contributed by atoms with Crippen molar-refractivity contribution in [2.24, 2.45) is 0 Å². The van der Waals surface area contributed by atoms with Crippen LogP contribution in [-0.2, 0) is 0 Å². The van der Waals surface area contributed by atoms with E-state index in [1.54, 1.807) is 14.1 Å². The van der Waals surface area contributed by atoms with E-state index in [1.807, 2.05) is 18.2 Å². The van der Waals surface area contributed by atoms with Gasteiger partial charge in [0.25, 0.3) is 0 Å². The Morgan fingerprint density at radius 2 is 2.00 bits per heavy atom. The maximum Gasteiger partial charge on any atom is 0.321 e. The molecule has 0 radical (unpaired) electrons. The topological polar surface area (TPSA) is 32.3 Å². The molecule has 0 fully saturated rings. The predicted molar refractivity (Wildman–Crippen MR) is 67.9 cm³/mol. The van der Waals surface area contributed by atoms with Crippen molar-refractivity contribution in [2.75, 3.05) is 19.4 Å². The van der Waals surface area contributed by atoms with Gasteiger partial charge in [0.2, 0.25) is 0 Å². The van der Waals surface area contributed by atoms with Gasteiger partial charge in [0.15, 0.2) is 0 Å². The van der Waals surface area contributed by atoms with Crippen LogP contribution in [0.3, 0.4) is 0 Å². The number of urea groups is 1. The zero-order valence-electron chi connectivity index (χ0n) is 10.4. The molecule has 0 spiro atoms. The average Bonchev–Trinajstić information content (AvgIpc) is 2.28. The van der Waals surface area contributed by atoms with Gasteiger partial charge in [0.1, 0.15) is 0 Å². The van der Waals surface area contributed by atoms with Crippen LogP contribution in [0.25, 0.3) is 0 Å². The Labute approximate surface area is 97.5 Å². The van der Waals surface area contributed by atoms with Gasteiger partial charge < -0.3 is 10.2 Å². The highest BCUT2D eigenvalue weighted by atomic mass is 16.2. The minimum atomic E-state index is -0.0873. The van der Waals surface area contributed by atoms with Gasteiger partial charge in [-0.2, -0.15) is 0 Å². The van der Waals surface area contributed by atoms with Gasteiger partial charge in [-0.15, -0.1) is 0 Å². The lowest BCUT2D eigenvalue weighted by Crippen LogP contribution is -2.27. The molecule has 0 aliphatic carbocycles. The monoisotopic (exact) mass is 220 g/mol. The molecule has 0 heterocycles. The summed E-state index contributed by atoms with van der Waals surface area (Å²) in [7, 11) is 3.47. The fourth-order valence-electron chi connectivity index (χ4n) is 1.49. The number of hydrogen-bond donors (Lipinski definition) is 1. The molecule has 2 amide bonds. The molecule has 3 nitrogen and oxygen atoms in total. The van der Waals surface area contributed by atoms with Gasteiger partial charge in [0.05, 0.1) is 0 Å². The second kappa shape index (κ2) is 5.54. The first-order valence-electron chi connectivity index (χ1n) is 5.63. The van der Waals surface area contributed by atoms with Gasteiger partial charge in [-0.25, -0.2) is 4.79 Å². The number of anilines is 1. The number of carbonyl (C=O) groups excluding carboxylic acids is 1. The predicted octanol–water partition coefficient (Wildman–Crippen LogP) is 3.29. The molecule has 0 aliphatic heterocycles. The first-order valence-corrected chi connectivity index (χ1v) is 5.63. The van der Waals surface area contributed by atoms with Gasteiger partial charge >= 0.3 is 6.03 Å². The largest absolute Gasteiger partial charge is 0.331 e. The van der Waals surface area contributed by atoms with Crippen molar-refractivity contribution in [1.29, 1.82) is 0 Å². The Morgan fingerprint density at radius 1 is 1.38 bits per heavy atom. The Hall–Kier alpha value is -1.51. The zero-order chi connectivity index (χ0) is 12.1. The first kappa shape index (κ1) is 12.6. The molecular formula is C13H20N2O. The van der Waals surface area contributed by atoms with Crippen LogP contribution in [0, 0.1) is 0 Å². The van der Waals surface area contributed by atoms with Crippen molar-refractivity contribution in [1.82, 2.24) is 4.90 Å². The molecule has 88 valence electrons. The van der Waals surface area contributed by atoms with Crippen molar-refractivity contribution in [2.45, 2.75) is 26.2 Å². The van der Waals surface area contributed by atoms with Crippen molar-refractivity contribution in [3.63, 3.8) is 0 Å². The minimum Gasteiger partial charge on any atom is -0.331 e. The first-order chi connectivity index (χ1) is 7.56. The molecule has 1 aromatic carbocycles. The smallest absolute Gasteiger partial charge is 0.321 e. The summed E-state index contributed by atoms with van der Waals surface area (Å²) in [6, 6.07) is 7.88. The highest BCUT2D eigenvalue weighted by Gasteiger charge is 2.11. The van der Waals surface area contributed by atoms with E-state index in [1.165, 1.54) is 10.5 Å². The highest BCUT2D eigenvalue weighted by molar-refractivity contribution is 5.89. The third-order valence-corrected chi connectivity index (χ3v) is 2.75. The summed E-state index contributed by atoms with van der Waals surface area (Å²) in [5, 5.41) is 2.91. The van der Waals surface area contributed by atoms with Crippen molar-refractivity contribution in [3.05, 3.63) is 29.8 Å². The minimum absolute atomic E-state index is 0.0873. The summed E-state index contributed by atoms with van der Waals surface area (Å²) in [5.74, 6) is 0.457. The fraction of sp³-hybridized carbons (Fsp3) is 0.462. The van der Waals surface area contributed by atoms with Crippen molar-refractivity contribution < 1.29 is 4.79 Å². The second-order valence-corrected chi connectivity index (χ2v) is 4.22. The number of amides is 2. The fourth-order valence-corrected chi connectivity index (χ4v) is 1.49. The molecule has 0 aliphatic rings. The van der Waals surface area contributed by atoms with Crippen LogP contribution in [-0.4, -0.2) is 25.0 Å². The summed E-state index contributed by atoms with van der Waals surface area (Å²) in [4.78, 5) is 13.1. The van der Waals surface area contributed by atoms with Gasteiger partial charge in [-0.05, 0) is 24.0 Å². The molecule has 0 aromatic heterocycles. The third kappa shape index (κ3) is 2.99. The van der Waals surface area contributed by atoms with E-state index in [0.29, 0.717) is 5.92 Å². The van der Waals surface area contributed by atoms with Crippen LogP contribution in [0.1, 0.15) is 31.7 Å². The van der Waals surface area contributed by atoms with E-state index in [9.17, 15) is 4.79 Å². The van der Waals surface area contributed by atoms with Gasteiger partial charge in [-0.3, -0.25) is 0 Å².